The predicted molar refractivity (Wildman–Crippen MR) is 92.1 cm³/mol. The van der Waals surface area contributed by atoms with E-state index in [9.17, 15) is 13.2 Å². The van der Waals surface area contributed by atoms with Crippen LogP contribution >= 0.6 is 0 Å². The number of methoxy groups -OCH3 is 1. The largest absolute Gasteiger partial charge is 0.497 e. The Morgan fingerprint density at radius 1 is 1.12 bits per heavy atom. The molecule has 1 amide bonds. The fourth-order valence-corrected chi connectivity index (χ4v) is 5.16. The molecule has 0 radical (unpaired) electrons. The van der Waals surface area contributed by atoms with E-state index in [4.69, 9.17) is 4.74 Å². The Morgan fingerprint density at radius 2 is 1.88 bits per heavy atom. The lowest BCUT2D eigenvalue weighted by atomic mass is 9.80. The van der Waals surface area contributed by atoms with Crippen molar-refractivity contribution in [3.05, 3.63) is 59.7 Å². The van der Waals surface area contributed by atoms with Gasteiger partial charge in [0.25, 0.3) is 5.91 Å². The van der Waals surface area contributed by atoms with Crippen LogP contribution in [-0.4, -0.2) is 44.4 Å². The Morgan fingerprint density at radius 3 is 2.64 bits per heavy atom. The van der Waals surface area contributed by atoms with Gasteiger partial charge in [-0.2, -0.15) is 4.31 Å². The Kier molecular flexibility index (Phi) is 3.59. The van der Waals surface area contributed by atoms with Crippen LogP contribution in [0.3, 0.4) is 0 Å². The first-order valence-corrected chi connectivity index (χ1v) is 9.42. The van der Waals surface area contributed by atoms with Gasteiger partial charge in [-0.05, 0) is 30.2 Å². The van der Waals surface area contributed by atoms with Gasteiger partial charge in [-0.25, -0.2) is 8.42 Å². The minimum atomic E-state index is -3.60. The summed E-state index contributed by atoms with van der Waals surface area (Å²) in [5, 5.41) is 2.99. The number of carbonyl (C=O) groups is 1. The number of ether oxygens (including phenoxy) is 1. The molecular formula is C18H18N2O4S. The van der Waals surface area contributed by atoms with Crippen LogP contribution in [0.25, 0.3) is 0 Å². The van der Waals surface area contributed by atoms with Crippen molar-refractivity contribution in [2.75, 3.05) is 20.2 Å². The maximum Gasteiger partial charge on any atom is 0.252 e. The normalized spacial score (nSPS) is 19.0. The Balaban J connectivity index is 1.56. The Hall–Kier alpha value is -2.38. The third-order valence-electron chi connectivity index (χ3n) is 4.81. The van der Waals surface area contributed by atoms with Gasteiger partial charge in [0.2, 0.25) is 10.0 Å². The molecule has 0 bridgehead atoms. The fourth-order valence-electron chi connectivity index (χ4n) is 3.51. The summed E-state index contributed by atoms with van der Waals surface area (Å²) in [5.41, 5.74) is 1.11. The van der Waals surface area contributed by atoms with E-state index in [0.29, 0.717) is 17.7 Å². The van der Waals surface area contributed by atoms with Crippen molar-refractivity contribution < 1.29 is 17.9 Å². The molecule has 2 aliphatic rings. The highest BCUT2D eigenvalue weighted by atomic mass is 32.2. The van der Waals surface area contributed by atoms with Crippen molar-refractivity contribution in [2.45, 2.75) is 16.9 Å². The van der Waals surface area contributed by atoms with Crippen molar-refractivity contribution in [2.24, 2.45) is 0 Å². The zero-order valence-electron chi connectivity index (χ0n) is 13.7. The van der Waals surface area contributed by atoms with E-state index >= 15 is 0 Å². The molecule has 4 rings (SSSR count). The first-order valence-electron chi connectivity index (χ1n) is 7.98. The number of nitrogens with one attached hydrogen (secondary N) is 1. The molecule has 0 saturated carbocycles. The molecule has 130 valence electrons. The van der Waals surface area contributed by atoms with Crippen LogP contribution in [-0.2, 0) is 16.4 Å². The van der Waals surface area contributed by atoms with Crippen LogP contribution in [0.5, 0.6) is 5.75 Å². The molecule has 1 saturated heterocycles. The lowest BCUT2D eigenvalue weighted by molar-refractivity contribution is 0.0688. The van der Waals surface area contributed by atoms with Gasteiger partial charge in [0.15, 0.2) is 0 Å². The summed E-state index contributed by atoms with van der Waals surface area (Å²) < 4.78 is 32.1. The van der Waals surface area contributed by atoms with E-state index in [-0.39, 0.29) is 23.9 Å². The summed E-state index contributed by atoms with van der Waals surface area (Å²) in [4.78, 5) is 12.5. The molecule has 2 aliphatic heterocycles. The molecule has 6 nitrogen and oxygen atoms in total. The molecule has 1 spiro atoms. The number of benzene rings is 2. The van der Waals surface area contributed by atoms with Gasteiger partial charge < -0.3 is 10.1 Å². The molecule has 2 aromatic carbocycles. The van der Waals surface area contributed by atoms with Gasteiger partial charge in [0.05, 0.1) is 17.5 Å². The molecule has 7 heteroatoms. The second-order valence-corrected chi connectivity index (χ2v) is 8.46. The van der Waals surface area contributed by atoms with Gasteiger partial charge in [-0.3, -0.25) is 4.79 Å². The van der Waals surface area contributed by atoms with Crippen molar-refractivity contribution in [3.8, 4) is 5.75 Å². The molecule has 0 aromatic heterocycles. The summed E-state index contributed by atoms with van der Waals surface area (Å²) in [6.07, 6.45) is 0.638. The molecule has 0 unspecified atom stereocenters. The Labute approximate surface area is 146 Å². The first kappa shape index (κ1) is 16.1. The topological polar surface area (TPSA) is 75.7 Å². The van der Waals surface area contributed by atoms with Crippen LogP contribution in [0, 0.1) is 0 Å². The second-order valence-electron chi connectivity index (χ2n) is 6.52. The van der Waals surface area contributed by atoms with Gasteiger partial charge in [-0.15, -0.1) is 0 Å². The van der Waals surface area contributed by atoms with Crippen LogP contribution in [0.4, 0.5) is 0 Å². The summed E-state index contributed by atoms with van der Waals surface area (Å²) in [5.74, 6) is 0.358. The molecule has 1 N–H and O–H groups in total. The van der Waals surface area contributed by atoms with Crippen molar-refractivity contribution in [1.82, 2.24) is 9.62 Å². The fraction of sp³-hybridized carbons (Fsp3) is 0.278. The first-order chi connectivity index (χ1) is 11.9. The SMILES string of the molecule is COc1cccc(S(=O)(=O)N2CC3(Cc4ccccc4C(=O)N3)C2)c1. The molecule has 0 atom stereocenters. The van der Waals surface area contributed by atoms with Crippen LogP contribution in [0.2, 0.25) is 0 Å². The standard InChI is InChI=1S/C18H18N2O4S/c1-24-14-6-4-7-15(9-14)25(22,23)20-11-18(12-20)10-13-5-2-3-8-16(13)17(21)19-18/h2-9H,10-12H2,1H3,(H,19,21). The summed E-state index contributed by atoms with van der Waals surface area (Å²) in [6.45, 7) is 0.541. The molecule has 25 heavy (non-hydrogen) atoms. The summed E-state index contributed by atoms with van der Waals surface area (Å²) in [6, 6.07) is 13.9. The minimum Gasteiger partial charge on any atom is -0.497 e. The second kappa shape index (κ2) is 5.57. The number of rotatable bonds is 3. The molecule has 0 aliphatic carbocycles. The third-order valence-corrected chi connectivity index (χ3v) is 6.59. The summed E-state index contributed by atoms with van der Waals surface area (Å²) in [7, 11) is -2.10. The molecular weight excluding hydrogens is 340 g/mol. The number of fused-ring (bicyclic) bond motifs is 1. The average Bonchev–Trinajstić information content (AvgIpc) is 2.59. The van der Waals surface area contributed by atoms with Crippen molar-refractivity contribution >= 4 is 15.9 Å². The van der Waals surface area contributed by atoms with E-state index < -0.39 is 15.6 Å². The maximum absolute atomic E-state index is 12.8. The molecule has 2 aromatic rings. The van der Waals surface area contributed by atoms with Gasteiger partial charge in [-0.1, -0.05) is 24.3 Å². The number of hydrogen-bond acceptors (Lipinski definition) is 4. The van der Waals surface area contributed by atoms with Crippen LogP contribution < -0.4 is 10.1 Å². The zero-order valence-corrected chi connectivity index (χ0v) is 14.5. The third kappa shape index (κ3) is 2.60. The monoisotopic (exact) mass is 358 g/mol. The predicted octanol–water partition coefficient (Wildman–Crippen LogP) is 1.42. The highest BCUT2D eigenvalue weighted by Crippen LogP contribution is 2.35. The quantitative estimate of drug-likeness (QED) is 0.900. The van der Waals surface area contributed by atoms with Crippen molar-refractivity contribution in [1.29, 1.82) is 0 Å². The average molecular weight is 358 g/mol. The van der Waals surface area contributed by atoms with E-state index in [1.807, 2.05) is 18.2 Å². The van der Waals surface area contributed by atoms with Crippen molar-refractivity contribution in [3.63, 3.8) is 0 Å². The number of nitrogens with zero attached hydrogens (tertiary/aromatic N) is 1. The van der Waals surface area contributed by atoms with Gasteiger partial charge in [0, 0.05) is 24.7 Å². The smallest absolute Gasteiger partial charge is 0.252 e. The number of sulfonamides is 1. The van der Waals surface area contributed by atoms with E-state index in [0.717, 1.165) is 5.56 Å². The number of carbonyl (C=O) groups excluding carboxylic acids is 1. The zero-order chi connectivity index (χ0) is 17.7. The minimum absolute atomic E-state index is 0.139. The van der Waals surface area contributed by atoms with Gasteiger partial charge >= 0.3 is 0 Å². The number of hydrogen-bond donors (Lipinski definition) is 1. The highest BCUT2D eigenvalue weighted by Gasteiger charge is 2.51. The van der Waals surface area contributed by atoms with Crippen LogP contribution in [0.15, 0.2) is 53.4 Å². The van der Waals surface area contributed by atoms with E-state index in [1.165, 1.54) is 17.5 Å². The molecule has 2 heterocycles. The van der Waals surface area contributed by atoms with E-state index in [1.54, 1.807) is 24.3 Å². The lowest BCUT2D eigenvalue weighted by Gasteiger charge is -2.51. The van der Waals surface area contributed by atoms with Gasteiger partial charge in [0.1, 0.15) is 5.75 Å². The maximum atomic E-state index is 12.8. The highest BCUT2D eigenvalue weighted by molar-refractivity contribution is 7.89. The number of amides is 1. The van der Waals surface area contributed by atoms with E-state index in [2.05, 4.69) is 5.32 Å². The molecule has 1 fully saturated rings. The lowest BCUT2D eigenvalue weighted by Crippen LogP contribution is -2.73. The van der Waals surface area contributed by atoms with Crippen LogP contribution in [0.1, 0.15) is 15.9 Å². The Bertz CT molecular complexity index is 949. The summed E-state index contributed by atoms with van der Waals surface area (Å²) >= 11 is 0.